The van der Waals surface area contributed by atoms with E-state index in [9.17, 15) is 9.90 Å². The molecule has 0 bridgehead atoms. The predicted octanol–water partition coefficient (Wildman–Crippen LogP) is 4.62. The third-order valence-corrected chi connectivity index (χ3v) is 5.33. The molecule has 3 nitrogen and oxygen atoms in total. The maximum Gasteiger partial charge on any atom is 0.306 e. The first-order chi connectivity index (χ1) is 11.7. The average molecular weight is 323 g/mol. The lowest BCUT2D eigenvalue weighted by Crippen LogP contribution is -2.35. The van der Waals surface area contributed by atoms with Gasteiger partial charge in [-0.1, -0.05) is 55.7 Å². The number of aromatic nitrogens is 1. The van der Waals surface area contributed by atoms with Gasteiger partial charge in [0.2, 0.25) is 0 Å². The van der Waals surface area contributed by atoms with Crippen LogP contribution >= 0.6 is 0 Å². The summed E-state index contributed by atoms with van der Waals surface area (Å²) in [5.74, 6) is -1.06. The molecule has 1 fully saturated rings. The number of carboxylic acids is 1. The van der Waals surface area contributed by atoms with Crippen molar-refractivity contribution in [3.63, 3.8) is 0 Å². The zero-order valence-electron chi connectivity index (χ0n) is 14.0. The molecule has 1 N–H and O–H groups in total. The number of pyridine rings is 1. The Kier molecular flexibility index (Phi) is 5.29. The Morgan fingerprint density at radius 2 is 1.75 bits per heavy atom. The summed E-state index contributed by atoms with van der Waals surface area (Å²) < 4.78 is 0. The maximum absolute atomic E-state index is 11.9. The zero-order chi connectivity index (χ0) is 16.8. The highest BCUT2D eigenvalue weighted by Crippen LogP contribution is 2.43. The van der Waals surface area contributed by atoms with Gasteiger partial charge in [-0.05, 0) is 43.4 Å². The number of nitrogens with zero attached hydrogens (tertiary/aromatic N) is 1. The van der Waals surface area contributed by atoms with Crippen LogP contribution in [-0.4, -0.2) is 16.1 Å². The van der Waals surface area contributed by atoms with Crippen molar-refractivity contribution >= 4 is 5.97 Å². The van der Waals surface area contributed by atoms with Crippen molar-refractivity contribution in [3.05, 3.63) is 66.0 Å². The normalized spacial score (nSPS) is 18.0. The lowest BCUT2D eigenvalue weighted by molar-refractivity contribution is -0.142. The minimum atomic E-state index is -0.695. The summed E-state index contributed by atoms with van der Waals surface area (Å²) in [6.07, 6.45) is 8.75. The summed E-state index contributed by atoms with van der Waals surface area (Å²) in [5, 5.41) is 9.81. The summed E-state index contributed by atoms with van der Waals surface area (Å²) in [5.41, 5.74) is 2.08. The number of hydrogen-bond acceptors (Lipinski definition) is 2. The summed E-state index contributed by atoms with van der Waals surface area (Å²) >= 11 is 0. The van der Waals surface area contributed by atoms with Gasteiger partial charge in [-0.25, -0.2) is 0 Å². The lowest BCUT2D eigenvalue weighted by Gasteiger charge is -2.38. The van der Waals surface area contributed by atoms with Crippen LogP contribution in [0.2, 0.25) is 0 Å². The van der Waals surface area contributed by atoms with E-state index in [1.54, 1.807) is 0 Å². The van der Waals surface area contributed by atoms with Gasteiger partial charge in [0.15, 0.2) is 0 Å². The molecule has 1 unspecified atom stereocenters. The third-order valence-electron chi connectivity index (χ3n) is 5.33. The van der Waals surface area contributed by atoms with Crippen molar-refractivity contribution in [2.45, 2.75) is 50.4 Å². The lowest BCUT2D eigenvalue weighted by atomic mass is 9.66. The van der Waals surface area contributed by atoms with E-state index < -0.39 is 5.97 Å². The molecule has 1 saturated carbocycles. The molecule has 0 radical (unpaired) electrons. The Labute approximate surface area is 143 Å². The molecular weight excluding hydrogens is 298 g/mol. The van der Waals surface area contributed by atoms with E-state index in [1.807, 2.05) is 48.7 Å². The quantitative estimate of drug-likeness (QED) is 0.844. The molecule has 1 atom stereocenters. The van der Waals surface area contributed by atoms with Gasteiger partial charge in [0.1, 0.15) is 0 Å². The van der Waals surface area contributed by atoms with Crippen LogP contribution in [0.15, 0.2) is 54.7 Å². The van der Waals surface area contributed by atoms with Crippen LogP contribution in [0.25, 0.3) is 0 Å². The standard InChI is InChI=1S/C21H25NO2/c23-20(24)18(15-17-9-3-1-4-10-17)16-21(12-6-2-7-13-21)19-11-5-8-14-22-19/h1,3-5,8-11,14,18H,2,6-7,12-13,15-16H2,(H,23,24). The van der Waals surface area contributed by atoms with Crippen molar-refractivity contribution in [2.75, 3.05) is 0 Å². The molecule has 3 rings (SSSR count). The van der Waals surface area contributed by atoms with E-state index in [-0.39, 0.29) is 11.3 Å². The molecule has 1 aliphatic rings. The second-order valence-corrected chi connectivity index (χ2v) is 6.98. The second kappa shape index (κ2) is 7.61. The maximum atomic E-state index is 11.9. The predicted molar refractivity (Wildman–Crippen MR) is 94.9 cm³/mol. The Morgan fingerprint density at radius 1 is 1.04 bits per heavy atom. The van der Waals surface area contributed by atoms with Gasteiger partial charge in [0.05, 0.1) is 5.92 Å². The molecule has 1 aliphatic carbocycles. The van der Waals surface area contributed by atoms with Crippen LogP contribution in [-0.2, 0) is 16.6 Å². The van der Waals surface area contributed by atoms with Crippen LogP contribution < -0.4 is 0 Å². The summed E-state index contributed by atoms with van der Waals surface area (Å²) in [6.45, 7) is 0. The first-order valence-corrected chi connectivity index (χ1v) is 8.88. The highest BCUT2D eigenvalue weighted by atomic mass is 16.4. The van der Waals surface area contributed by atoms with Crippen LogP contribution in [0.4, 0.5) is 0 Å². The highest BCUT2D eigenvalue weighted by Gasteiger charge is 2.39. The molecule has 0 saturated heterocycles. The second-order valence-electron chi connectivity index (χ2n) is 6.98. The third kappa shape index (κ3) is 3.84. The molecule has 0 spiro atoms. The SMILES string of the molecule is O=C(O)C(Cc1ccccc1)CC1(c2ccccn2)CCCCC1. The summed E-state index contributed by atoms with van der Waals surface area (Å²) in [6, 6.07) is 16.0. The van der Waals surface area contributed by atoms with Crippen LogP contribution in [0.3, 0.4) is 0 Å². The fourth-order valence-electron chi connectivity index (χ4n) is 4.09. The van der Waals surface area contributed by atoms with Gasteiger partial charge in [0.25, 0.3) is 0 Å². The van der Waals surface area contributed by atoms with Crippen molar-refractivity contribution < 1.29 is 9.90 Å². The minimum Gasteiger partial charge on any atom is -0.481 e. The molecule has 2 aromatic rings. The highest BCUT2D eigenvalue weighted by molar-refractivity contribution is 5.70. The molecule has 1 aromatic heterocycles. The van der Waals surface area contributed by atoms with Crippen LogP contribution in [0, 0.1) is 5.92 Å². The summed E-state index contributed by atoms with van der Waals surface area (Å²) in [7, 11) is 0. The van der Waals surface area contributed by atoms with E-state index in [1.165, 1.54) is 6.42 Å². The monoisotopic (exact) mass is 323 g/mol. The molecule has 126 valence electrons. The molecule has 0 aliphatic heterocycles. The van der Waals surface area contributed by atoms with E-state index in [0.717, 1.165) is 36.9 Å². The minimum absolute atomic E-state index is 0.0860. The van der Waals surface area contributed by atoms with Crippen LogP contribution in [0.1, 0.15) is 49.8 Å². The van der Waals surface area contributed by atoms with E-state index in [4.69, 9.17) is 0 Å². The number of benzene rings is 1. The van der Waals surface area contributed by atoms with Crippen molar-refractivity contribution in [1.82, 2.24) is 4.98 Å². The van der Waals surface area contributed by atoms with Crippen molar-refractivity contribution in [2.24, 2.45) is 5.92 Å². The number of rotatable bonds is 6. The Bertz CT molecular complexity index is 648. The Hall–Kier alpha value is -2.16. The largest absolute Gasteiger partial charge is 0.481 e. The fraction of sp³-hybridized carbons (Fsp3) is 0.429. The van der Waals surface area contributed by atoms with E-state index in [2.05, 4.69) is 11.1 Å². The smallest absolute Gasteiger partial charge is 0.306 e. The van der Waals surface area contributed by atoms with Gasteiger partial charge in [-0.3, -0.25) is 9.78 Å². The Morgan fingerprint density at radius 3 is 2.38 bits per heavy atom. The molecule has 3 heteroatoms. The summed E-state index contributed by atoms with van der Waals surface area (Å²) in [4.78, 5) is 16.5. The van der Waals surface area contributed by atoms with Crippen molar-refractivity contribution in [1.29, 1.82) is 0 Å². The number of aliphatic carboxylic acids is 1. The van der Waals surface area contributed by atoms with Gasteiger partial charge >= 0.3 is 5.97 Å². The average Bonchev–Trinajstić information content (AvgIpc) is 2.63. The number of hydrogen-bond donors (Lipinski definition) is 1. The number of carboxylic acid groups (broad SMARTS) is 1. The van der Waals surface area contributed by atoms with Crippen molar-refractivity contribution in [3.8, 4) is 0 Å². The Balaban J connectivity index is 1.85. The molecular formula is C21H25NO2. The first kappa shape index (κ1) is 16.7. The molecule has 1 aromatic carbocycles. The molecule has 24 heavy (non-hydrogen) atoms. The van der Waals surface area contributed by atoms with Gasteiger partial charge in [-0.2, -0.15) is 0 Å². The first-order valence-electron chi connectivity index (χ1n) is 8.88. The van der Waals surface area contributed by atoms with E-state index in [0.29, 0.717) is 12.8 Å². The van der Waals surface area contributed by atoms with E-state index >= 15 is 0 Å². The van der Waals surface area contributed by atoms with Gasteiger partial charge in [-0.15, -0.1) is 0 Å². The topological polar surface area (TPSA) is 50.2 Å². The van der Waals surface area contributed by atoms with Gasteiger partial charge in [0, 0.05) is 17.3 Å². The van der Waals surface area contributed by atoms with Crippen LogP contribution in [0.5, 0.6) is 0 Å². The number of carbonyl (C=O) groups is 1. The zero-order valence-corrected chi connectivity index (χ0v) is 14.0. The molecule has 0 amide bonds. The molecule has 1 heterocycles. The fourth-order valence-corrected chi connectivity index (χ4v) is 4.09. The van der Waals surface area contributed by atoms with Gasteiger partial charge < -0.3 is 5.11 Å².